The Balaban J connectivity index is 0.00000361. The molecule has 1 aromatic carbocycles. The van der Waals surface area contributed by atoms with Crippen LogP contribution in [0.5, 0.6) is 0 Å². The van der Waals surface area contributed by atoms with Gasteiger partial charge in [-0.3, -0.25) is 4.79 Å². The summed E-state index contributed by atoms with van der Waals surface area (Å²) >= 11 is 0. The Kier molecular flexibility index (Phi) is 7.17. The van der Waals surface area contributed by atoms with Crippen LogP contribution in [0.15, 0.2) is 24.3 Å². The number of halogens is 2. The average molecular weight is 303 g/mol. The zero-order chi connectivity index (χ0) is 14.6. The van der Waals surface area contributed by atoms with E-state index in [9.17, 15) is 9.18 Å². The van der Waals surface area contributed by atoms with Crippen LogP contribution in [-0.2, 0) is 4.79 Å². The summed E-state index contributed by atoms with van der Waals surface area (Å²) < 4.78 is 13.0. The average Bonchev–Trinajstić information content (AvgIpc) is 2.34. The Morgan fingerprint density at radius 1 is 1.30 bits per heavy atom. The van der Waals surface area contributed by atoms with Gasteiger partial charge >= 0.3 is 0 Å². The fraction of sp³-hybridized carbons (Fsp3) is 0.533. The molecule has 2 atom stereocenters. The summed E-state index contributed by atoms with van der Waals surface area (Å²) in [5.74, 6) is -0.459. The first-order valence-electron chi connectivity index (χ1n) is 6.57. The molecule has 1 aromatic rings. The molecule has 3 nitrogen and oxygen atoms in total. The molecule has 0 aliphatic rings. The zero-order valence-corrected chi connectivity index (χ0v) is 13.3. The molecule has 1 amide bonds. The topological polar surface area (TPSA) is 55.1 Å². The van der Waals surface area contributed by atoms with Gasteiger partial charge in [-0.25, -0.2) is 4.39 Å². The molecule has 0 radical (unpaired) electrons. The highest BCUT2D eigenvalue weighted by Crippen LogP contribution is 2.32. The van der Waals surface area contributed by atoms with E-state index < -0.39 is 6.04 Å². The maximum atomic E-state index is 13.0. The Labute approximate surface area is 126 Å². The monoisotopic (exact) mass is 302 g/mol. The van der Waals surface area contributed by atoms with Crippen molar-refractivity contribution < 1.29 is 9.18 Å². The third-order valence-corrected chi connectivity index (χ3v) is 3.13. The summed E-state index contributed by atoms with van der Waals surface area (Å²) in [5, 5.41) is 2.96. The van der Waals surface area contributed by atoms with Crippen molar-refractivity contribution in [3.63, 3.8) is 0 Å². The Morgan fingerprint density at radius 2 is 1.80 bits per heavy atom. The summed E-state index contributed by atoms with van der Waals surface area (Å²) in [6.45, 7) is 7.95. The van der Waals surface area contributed by atoms with Gasteiger partial charge in [-0.1, -0.05) is 39.8 Å². The van der Waals surface area contributed by atoms with Crippen molar-refractivity contribution >= 4 is 18.3 Å². The number of amides is 1. The van der Waals surface area contributed by atoms with Crippen LogP contribution in [0, 0.1) is 11.2 Å². The lowest BCUT2D eigenvalue weighted by Crippen LogP contribution is -2.45. The van der Waals surface area contributed by atoms with Crippen molar-refractivity contribution in [3.05, 3.63) is 35.6 Å². The van der Waals surface area contributed by atoms with Gasteiger partial charge in [-0.15, -0.1) is 12.4 Å². The van der Waals surface area contributed by atoms with Crippen molar-refractivity contribution in [3.8, 4) is 0 Å². The highest BCUT2D eigenvalue weighted by molar-refractivity contribution is 5.85. The standard InChI is InChI=1S/C15H23FN2O.ClH/c1-5-12(17)14(19)18-13(15(2,3)4)10-6-8-11(16)9-7-10;/h6-9,12-13H,5,17H2,1-4H3,(H,18,19);1H/t12-,13?;/m0./s1. The molecule has 114 valence electrons. The van der Waals surface area contributed by atoms with E-state index in [1.54, 1.807) is 12.1 Å². The Morgan fingerprint density at radius 3 is 2.20 bits per heavy atom. The molecule has 0 spiro atoms. The molecule has 0 fully saturated rings. The van der Waals surface area contributed by atoms with Crippen LogP contribution in [0.4, 0.5) is 4.39 Å². The molecular formula is C15H24ClFN2O. The zero-order valence-electron chi connectivity index (χ0n) is 12.4. The van der Waals surface area contributed by atoms with Crippen molar-refractivity contribution in [1.82, 2.24) is 5.32 Å². The van der Waals surface area contributed by atoms with E-state index in [1.807, 2.05) is 27.7 Å². The summed E-state index contributed by atoms with van der Waals surface area (Å²) in [7, 11) is 0. The molecule has 3 N–H and O–H groups in total. The molecule has 0 saturated carbocycles. The van der Waals surface area contributed by atoms with Crippen molar-refractivity contribution in [1.29, 1.82) is 0 Å². The summed E-state index contributed by atoms with van der Waals surface area (Å²) in [6.07, 6.45) is 0.589. The molecule has 0 aromatic heterocycles. The predicted octanol–water partition coefficient (Wildman–Crippen LogP) is 3.19. The van der Waals surface area contributed by atoms with Crippen LogP contribution in [0.1, 0.15) is 45.7 Å². The molecule has 0 aliphatic carbocycles. The molecule has 1 unspecified atom stereocenters. The minimum atomic E-state index is -0.509. The molecule has 1 rings (SSSR count). The highest BCUT2D eigenvalue weighted by atomic mass is 35.5. The molecule has 0 saturated heterocycles. The van der Waals surface area contributed by atoms with Crippen LogP contribution in [0.2, 0.25) is 0 Å². The van der Waals surface area contributed by atoms with E-state index >= 15 is 0 Å². The van der Waals surface area contributed by atoms with Crippen LogP contribution in [0.3, 0.4) is 0 Å². The normalized spacial score (nSPS) is 14.1. The van der Waals surface area contributed by atoms with Gasteiger partial charge in [0.25, 0.3) is 0 Å². The van der Waals surface area contributed by atoms with Crippen molar-refractivity contribution in [2.75, 3.05) is 0 Å². The third kappa shape index (κ3) is 5.10. The van der Waals surface area contributed by atoms with Gasteiger partial charge in [0.15, 0.2) is 0 Å². The van der Waals surface area contributed by atoms with E-state index in [1.165, 1.54) is 12.1 Å². The fourth-order valence-corrected chi connectivity index (χ4v) is 1.89. The van der Waals surface area contributed by atoms with Gasteiger partial charge in [-0.2, -0.15) is 0 Å². The third-order valence-electron chi connectivity index (χ3n) is 3.13. The number of benzene rings is 1. The van der Waals surface area contributed by atoms with Crippen LogP contribution >= 0.6 is 12.4 Å². The minimum absolute atomic E-state index is 0. The van der Waals surface area contributed by atoms with Gasteiger partial charge < -0.3 is 11.1 Å². The summed E-state index contributed by atoms with van der Waals surface area (Å²) in [6, 6.07) is 5.50. The maximum absolute atomic E-state index is 13.0. The highest BCUT2D eigenvalue weighted by Gasteiger charge is 2.29. The van der Waals surface area contributed by atoms with E-state index in [0.29, 0.717) is 6.42 Å². The lowest BCUT2D eigenvalue weighted by atomic mass is 9.82. The number of carbonyl (C=O) groups is 1. The number of hydrogen-bond donors (Lipinski definition) is 2. The number of rotatable bonds is 4. The van der Waals surface area contributed by atoms with Crippen LogP contribution < -0.4 is 11.1 Å². The van der Waals surface area contributed by atoms with E-state index in [2.05, 4.69) is 5.32 Å². The number of carbonyl (C=O) groups excluding carboxylic acids is 1. The van der Waals surface area contributed by atoms with Gasteiger partial charge in [0.1, 0.15) is 5.82 Å². The first-order chi connectivity index (χ1) is 8.75. The van der Waals surface area contributed by atoms with E-state index in [-0.39, 0.29) is 35.6 Å². The van der Waals surface area contributed by atoms with Gasteiger partial charge in [-0.05, 0) is 29.5 Å². The Bertz CT molecular complexity index is 428. The minimum Gasteiger partial charge on any atom is -0.347 e. The summed E-state index contributed by atoms with van der Waals surface area (Å²) in [5.41, 5.74) is 6.44. The second-order valence-corrected chi connectivity index (χ2v) is 5.87. The number of hydrogen-bond acceptors (Lipinski definition) is 2. The molecule has 5 heteroatoms. The quantitative estimate of drug-likeness (QED) is 0.897. The second-order valence-electron chi connectivity index (χ2n) is 5.87. The molecule has 0 aliphatic heterocycles. The fourth-order valence-electron chi connectivity index (χ4n) is 1.89. The van der Waals surface area contributed by atoms with Gasteiger partial charge in [0.05, 0.1) is 12.1 Å². The lowest BCUT2D eigenvalue weighted by Gasteiger charge is -2.32. The van der Waals surface area contributed by atoms with Gasteiger partial charge in [0, 0.05) is 0 Å². The largest absolute Gasteiger partial charge is 0.347 e. The van der Waals surface area contributed by atoms with E-state index in [0.717, 1.165) is 5.56 Å². The Hall–Kier alpha value is -1.13. The number of nitrogens with two attached hydrogens (primary N) is 1. The van der Waals surface area contributed by atoms with E-state index in [4.69, 9.17) is 5.73 Å². The first-order valence-corrected chi connectivity index (χ1v) is 6.57. The second kappa shape index (κ2) is 7.60. The molecule has 20 heavy (non-hydrogen) atoms. The lowest BCUT2D eigenvalue weighted by molar-refractivity contribution is -0.124. The summed E-state index contributed by atoms with van der Waals surface area (Å²) in [4.78, 5) is 12.0. The predicted molar refractivity (Wildman–Crippen MR) is 82.3 cm³/mol. The van der Waals surface area contributed by atoms with Crippen molar-refractivity contribution in [2.45, 2.75) is 46.2 Å². The van der Waals surface area contributed by atoms with Gasteiger partial charge in [0.2, 0.25) is 5.91 Å². The first kappa shape index (κ1) is 18.9. The maximum Gasteiger partial charge on any atom is 0.237 e. The SMILES string of the molecule is CC[C@H](N)C(=O)NC(c1ccc(F)cc1)C(C)(C)C.Cl. The molecule has 0 bridgehead atoms. The molecular weight excluding hydrogens is 279 g/mol. The molecule has 0 heterocycles. The smallest absolute Gasteiger partial charge is 0.237 e. The van der Waals surface area contributed by atoms with Crippen molar-refractivity contribution in [2.24, 2.45) is 11.1 Å². The van der Waals surface area contributed by atoms with Crippen LogP contribution in [-0.4, -0.2) is 11.9 Å². The van der Waals surface area contributed by atoms with Crippen LogP contribution in [0.25, 0.3) is 0 Å². The number of nitrogens with one attached hydrogen (secondary N) is 1.